The normalized spacial score (nSPS) is 10.9. The molecule has 0 spiro atoms. The average Bonchev–Trinajstić information content (AvgIpc) is 2.68. The number of hydrogen-bond acceptors (Lipinski definition) is 4. The van der Waals surface area contributed by atoms with E-state index in [-0.39, 0.29) is 0 Å². The summed E-state index contributed by atoms with van der Waals surface area (Å²) in [4.78, 5) is 12.4. The highest BCUT2D eigenvalue weighted by molar-refractivity contribution is 9.10. The van der Waals surface area contributed by atoms with Gasteiger partial charge in [-0.05, 0) is 15.9 Å². The van der Waals surface area contributed by atoms with E-state index in [9.17, 15) is 0 Å². The second-order valence-electron chi connectivity index (χ2n) is 3.40. The molecule has 0 atom stereocenters. The van der Waals surface area contributed by atoms with Gasteiger partial charge in [0.15, 0.2) is 5.82 Å². The van der Waals surface area contributed by atoms with Crippen LogP contribution in [0.2, 0.25) is 0 Å². The molecule has 0 N–H and O–H groups in total. The molecule has 6 heteroatoms. The largest absolute Gasteiger partial charge is 0.252 e. The zero-order valence-corrected chi connectivity index (χ0v) is 10.0. The van der Waals surface area contributed by atoms with Crippen LogP contribution in [0.1, 0.15) is 25.6 Å². The summed E-state index contributed by atoms with van der Waals surface area (Å²) in [7, 11) is 0. The fourth-order valence-corrected chi connectivity index (χ4v) is 1.27. The molecule has 0 unspecified atom stereocenters. The van der Waals surface area contributed by atoms with Crippen molar-refractivity contribution in [2.24, 2.45) is 0 Å². The van der Waals surface area contributed by atoms with Crippen LogP contribution in [-0.4, -0.2) is 24.7 Å². The van der Waals surface area contributed by atoms with Crippen molar-refractivity contribution in [1.29, 1.82) is 0 Å². The number of rotatable bonds is 2. The molecule has 0 bridgehead atoms. The number of nitrogens with zero attached hydrogens (tertiary/aromatic N) is 5. The van der Waals surface area contributed by atoms with Crippen molar-refractivity contribution in [3.63, 3.8) is 0 Å². The Morgan fingerprint density at radius 3 is 2.40 bits per heavy atom. The molecule has 0 fully saturated rings. The highest BCUT2D eigenvalue weighted by Gasteiger charge is 2.07. The summed E-state index contributed by atoms with van der Waals surface area (Å²) in [6, 6.07) is 0. The molecule has 2 rings (SSSR count). The molecular weight excluding hydrogens is 258 g/mol. The van der Waals surface area contributed by atoms with Crippen LogP contribution >= 0.6 is 15.9 Å². The van der Waals surface area contributed by atoms with Gasteiger partial charge in [0.25, 0.3) is 5.95 Å². The third kappa shape index (κ3) is 2.20. The van der Waals surface area contributed by atoms with E-state index in [1.807, 2.05) is 13.8 Å². The summed E-state index contributed by atoms with van der Waals surface area (Å²) in [5.74, 6) is 1.63. The Kier molecular flexibility index (Phi) is 2.77. The van der Waals surface area contributed by atoms with Gasteiger partial charge in [0.05, 0.1) is 4.47 Å². The van der Waals surface area contributed by atoms with Gasteiger partial charge >= 0.3 is 0 Å². The lowest BCUT2D eigenvalue weighted by molar-refractivity contribution is 0.734. The molecule has 2 aromatic rings. The molecule has 0 radical (unpaired) electrons. The Bertz CT molecular complexity index is 448. The Labute approximate surface area is 95.7 Å². The Balaban J connectivity index is 2.33. The van der Waals surface area contributed by atoms with Gasteiger partial charge in [-0.25, -0.2) is 15.0 Å². The zero-order valence-electron chi connectivity index (χ0n) is 8.42. The van der Waals surface area contributed by atoms with E-state index in [4.69, 9.17) is 0 Å². The van der Waals surface area contributed by atoms with Crippen LogP contribution in [0.4, 0.5) is 0 Å². The third-order valence-electron chi connectivity index (χ3n) is 1.84. The molecule has 5 nitrogen and oxygen atoms in total. The number of halogens is 1. The minimum atomic E-state index is 0.307. The third-order valence-corrected chi connectivity index (χ3v) is 2.25. The van der Waals surface area contributed by atoms with E-state index in [0.717, 1.165) is 10.3 Å². The second kappa shape index (κ2) is 4.06. The maximum absolute atomic E-state index is 4.27. The van der Waals surface area contributed by atoms with Crippen molar-refractivity contribution < 1.29 is 0 Å². The zero-order chi connectivity index (χ0) is 10.8. The smallest absolute Gasteiger partial charge is 0.219 e. The van der Waals surface area contributed by atoms with Gasteiger partial charge in [-0.1, -0.05) is 13.8 Å². The van der Waals surface area contributed by atoms with Crippen molar-refractivity contribution in [2.75, 3.05) is 0 Å². The molecule has 0 aliphatic rings. The molecule has 0 saturated heterocycles. The number of hydrogen-bond donors (Lipinski definition) is 0. The van der Waals surface area contributed by atoms with Crippen LogP contribution in [0, 0.1) is 0 Å². The molecular formula is C9H10BrN5. The molecule has 0 aliphatic carbocycles. The predicted molar refractivity (Wildman–Crippen MR) is 58.7 cm³/mol. The van der Waals surface area contributed by atoms with Gasteiger partial charge in [0, 0.05) is 18.3 Å². The van der Waals surface area contributed by atoms with Gasteiger partial charge in [0.2, 0.25) is 0 Å². The van der Waals surface area contributed by atoms with Crippen molar-refractivity contribution >= 4 is 15.9 Å². The first-order chi connectivity index (χ1) is 7.16. The lowest BCUT2D eigenvalue weighted by Gasteiger charge is -1.98. The maximum Gasteiger partial charge on any atom is 0.252 e. The standard InChI is InChI=1S/C9H10BrN5/c1-6(2)8-13-5-15(14-8)9-11-3-7(10)4-12-9/h3-6H,1-2H3. The predicted octanol–water partition coefficient (Wildman–Crippen LogP) is 1.94. The fourth-order valence-electron chi connectivity index (χ4n) is 1.06. The average molecular weight is 268 g/mol. The van der Waals surface area contributed by atoms with Crippen LogP contribution in [0.25, 0.3) is 5.95 Å². The molecule has 2 heterocycles. The van der Waals surface area contributed by atoms with E-state index in [1.165, 1.54) is 0 Å². The lowest BCUT2D eigenvalue weighted by Crippen LogP contribution is -2.02. The minimum absolute atomic E-state index is 0.307. The van der Waals surface area contributed by atoms with Gasteiger partial charge in [0.1, 0.15) is 6.33 Å². The first-order valence-electron chi connectivity index (χ1n) is 4.56. The quantitative estimate of drug-likeness (QED) is 0.835. The SMILES string of the molecule is CC(C)c1ncn(-c2ncc(Br)cn2)n1. The van der Waals surface area contributed by atoms with Gasteiger partial charge in [-0.2, -0.15) is 4.68 Å². The first kappa shape index (κ1) is 10.2. The van der Waals surface area contributed by atoms with Gasteiger partial charge < -0.3 is 0 Å². The van der Waals surface area contributed by atoms with E-state index in [0.29, 0.717) is 11.9 Å². The fraction of sp³-hybridized carbons (Fsp3) is 0.333. The van der Waals surface area contributed by atoms with Crippen molar-refractivity contribution in [2.45, 2.75) is 19.8 Å². The monoisotopic (exact) mass is 267 g/mol. The molecule has 15 heavy (non-hydrogen) atoms. The Morgan fingerprint density at radius 2 is 1.87 bits per heavy atom. The van der Waals surface area contributed by atoms with Crippen LogP contribution < -0.4 is 0 Å². The molecule has 0 aliphatic heterocycles. The summed E-state index contributed by atoms with van der Waals surface area (Å²) in [5.41, 5.74) is 0. The molecule has 78 valence electrons. The lowest BCUT2D eigenvalue weighted by atomic mass is 10.2. The molecule has 2 aromatic heterocycles. The van der Waals surface area contributed by atoms with E-state index in [1.54, 1.807) is 23.4 Å². The minimum Gasteiger partial charge on any atom is -0.219 e. The highest BCUT2D eigenvalue weighted by Crippen LogP contribution is 2.10. The number of aromatic nitrogens is 5. The van der Waals surface area contributed by atoms with Crippen molar-refractivity contribution in [3.8, 4) is 5.95 Å². The Hall–Kier alpha value is -1.30. The van der Waals surface area contributed by atoms with Crippen LogP contribution in [0.5, 0.6) is 0 Å². The van der Waals surface area contributed by atoms with Gasteiger partial charge in [-0.15, -0.1) is 5.10 Å². The van der Waals surface area contributed by atoms with Crippen LogP contribution in [0.15, 0.2) is 23.2 Å². The molecule has 0 amide bonds. The summed E-state index contributed by atoms with van der Waals surface area (Å²) < 4.78 is 2.41. The van der Waals surface area contributed by atoms with Gasteiger partial charge in [-0.3, -0.25) is 0 Å². The first-order valence-corrected chi connectivity index (χ1v) is 5.35. The van der Waals surface area contributed by atoms with E-state index in [2.05, 4.69) is 36.0 Å². The van der Waals surface area contributed by atoms with E-state index < -0.39 is 0 Å². The van der Waals surface area contributed by atoms with E-state index >= 15 is 0 Å². The van der Waals surface area contributed by atoms with Crippen LogP contribution in [0.3, 0.4) is 0 Å². The summed E-state index contributed by atoms with van der Waals surface area (Å²) >= 11 is 3.28. The summed E-state index contributed by atoms with van der Waals surface area (Å²) in [5, 5.41) is 4.27. The van der Waals surface area contributed by atoms with Crippen LogP contribution in [-0.2, 0) is 0 Å². The molecule has 0 aromatic carbocycles. The summed E-state index contributed by atoms with van der Waals surface area (Å²) in [6.07, 6.45) is 4.98. The Morgan fingerprint density at radius 1 is 1.20 bits per heavy atom. The maximum atomic E-state index is 4.27. The van der Waals surface area contributed by atoms with Crippen molar-refractivity contribution in [3.05, 3.63) is 29.0 Å². The molecule has 0 saturated carbocycles. The topological polar surface area (TPSA) is 56.5 Å². The summed E-state index contributed by atoms with van der Waals surface area (Å²) in [6.45, 7) is 4.09. The highest BCUT2D eigenvalue weighted by atomic mass is 79.9. The second-order valence-corrected chi connectivity index (χ2v) is 4.32. The van der Waals surface area contributed by atoms with Crippen molar-refractivity contribution in [1.82, 2.24) is 24.7 Å².